The Morgan fingerprint density at radius 3 is 2.79 bits per heavy atom. The van der Waals surface area contributed by atoms with Crippen molar-refractivity contribution in [1.82, 2.24) is 4.90 Å². The molecular formula is C15H20FNO2. The Bertz CT molecular complexity index is 499. The number of benzene rings is 1. The molecule has 1 aromatic carbocycles. The Hall–Kier alpha value is -1.42. The summed E-state index contributed by atoms with van der Waals surface area (Å²) in [5, 5.41) is 0. The molecule has 0 N–H and O–H groups in total. The van der Waals surface area contributed by atoms with Gasteiger partial charge in [0, 0.05) is 13.1 Å². The highest BCUT2D eigenvalue weighted by Gasteiger charge is 2.34. The first-order valence-electron chi connectivity index (χ1n) is 6.52. The summed E-state index contributed by atoms with van der Waals surface area (Å²) < 4.78 is 19.8. The van der Waals surface area contributed by atoms with Gasteiger partial charge in [-0.2, -0.15) is 0 Å². The van der Waals surface area contributed by atoms with Gasteiger partial charge in [-0.1, -0.05) is 12.1 Å². The minimum Gasteiger partial charge on any atom is -0.369 e. The fourth-order valence-electron chi connectivity index (χ4n) is 2.59. The fourth-order valence-corrected chi connectivity index (χ4v) is 2.59. The molecule has 1 aromatic rings. The molecule has 4 heteroatoms. The molecule has 1 fully saturated rings. The lowest BCUT2D eigenvalue weighted by Gasteiger charge is -2.41. The van der Waals surface area contributed by atoms with Crippen molar-refractivity contribution in [3.8, 4) is 0 Å². The van der Waals surface area contributed by atoms with Crippen LogP contribution in [0.1, 0.15) is 36.7 Å². The van der Waals surface area contributed by atoms with Crippen molar-refractivity contribution in [3.05, 3.63) is 35.1 Å². The van der Waals surface area contributed by atoms with Crippen LogP contribution in [0.5, 0.6) is 0 Å². The lowest BCUT2D eigenvalue weighted by atomic mass is 10.0. The van der Waals surface area contributed by atoms with Gasteiger partial charge in [-0.15, -0.1) is 0 Å². The molecule has 3 nitrogen and oxygen atoms in total. The molecule has 104 valence electrons. The molecule has 1 heterocycles. The summed E-state index contributed by atoms with van der Waals surface area (Å²) in [6.45, 7) is 8.44. The van der Waals surface area contributed by atoms with E-state index in [-0.39, 0.29) is 17.6 Å². The van der Waals surface area contributed by atoms with Crippen LogP contribution in [0.25, 0.3) is 0 Å². The van der Waals surface area contributed by atoms with Crippen LogP contribution < -0.4 is 0 Å². The highest BCUT2D eigenvalue weighted by Crippen LogP contribution is 2.23. The number of rotatable bonds is 1. The summed E-state index contributed by atoms with van der Waals surface area (Å²) >= 11 is 0. The third kappa shape index (κ3) is 2.95. The largest absolute Gasteiger partial charge is 0.369 e. The quantitative estimate of drug-likeness (QED) is 0.781. The van der Waals surface area contributed by atoms with E-state index in [0.717, 1.165) is 0 Å². The van der Waals surface area contributed by atoms with Crippen molar-refractivity contribution < 1.29 is 13.9 Å². The number of carbonyl (C=O) groups is 1. The Morgan fingerprint density at radius 2 is 2.16 bits per heavy atom. The molecule has 1 aliphatic heterocycles. The lowest BCUT2D eigenvalue weighted by molar-refractivity contribution is -0.118. The minimum absolute atomic E-state index is 0.0411. The molecule has 1 saturated heterocycles. The normalized spacial score (nSPS) is 22.4. The molecule has 1 atom stereocenters. The second-order valence-corrected chi connectivity index (χ2v) is 5.81. The van der Waals surface area contributed by atoms with E-state index in [0.29, 0.717) is 18.7 Å². The first kappa shape index (κ1) is 14.0. The molecular weight excluding hydrogens is 245 g/mol. The summed E-state index contributed by atoms with van der Waals surface area (Å²) in [6, 6.07) is 4.91. The van der Waals surface area contributed by atoms with E-state index in [4.69, 9.17) is 4.74 Å². The number of halogens is 1. The number of morpholine rings is 1. The number of nitrogens with zero attached hydrogens (tertiary/aromatic N) is 1. The summed E-state index contributed by atoms with van der Waals surface area (Å²) in [4.78, 5) is 14.1. The van der Waals surface area contributed by atoms with E-state index in [1.807, 2.05) is 20.8 Å². The topological polar surface area (TPSA) is 29.5 Å². The van der Waals surface area contributed by atoms with Gasteiger partial charge in [0.1, 0.15) is 5.82 Å². The van der Waals surface area contributed by atoms with Crippen molar-refractivity contribution in [2.75, 3.05) is 13.1 Å². The van der Waals surface area contributed by atoms with Crippen LogP contribution in [0.4, 0.5) is 4.39 Å². The summed E-state index contributed by atoms with van der Waals surface area (Å²) in [5.74, 6) is -0.686. The van der Waals surface area contributed by atoms with E-state index >= 15 is 0 Å². The van der Waals surface area contributed by atoms with Gasteiger partial charge >= 0.3 is 0 Å². The number of hydrogen-bond acceptors (Lipinski definition) is 2. The average molecular weight is 265 g/mol. The molecule has 1 aliphatic rings. The van der Waals surface area contributed by atoms with E-state index in [1.165, 1.54) is 6.07 Å². The van der Waals surface area contributed by atoms with Crippen LogP contribution >= 0.6 is 0 Å². The zero-order valence-electron chi connectivity index (χ0n) is 11.9. The molecule has 0 radical (unpaired) electrons. The van der Waals surface area contributed by atoms with Crippen molar-refractivity contribution >= 4 is 5.91 Å². The van der Waals surface area contributed by atoms with Crippen LogP contribution in [0, 0.1) is 12.7 Å². The predicted octanol–water partition coefficient (Wildman–Crippen LogP) is 2.77. The van der Waals surface area contributed by atoms with Gasteiger partial charge in [0.25, 0.3) is 5.91 Å². The second kappa shape index (κ2) is 4.93. The maximum atomic E-state index is 14.0. The molecule has 1 amide bonds. The molecule has 0 aromatic heterocycles. The monoisotopic (exact) mass is 265 g/mol. The Morgan fingerprint density at radius 1 is 1.47 bits per heavy atom. The van der Waals surface area contributed by atoms with Gasteiger partial charge in [0.2, 0.25) is 0 Å². The number of aryl methyl sites for hydroxylation is 1. The van der Waals surface area contributed by atoms with Crippen molar-refractivity contribution in [2.45, 2.75) is 39.4 Å². The van der Waals surface area contributed by atoms with E-state index < -0.39 is 11.4 Å². The van der Waals surface area contributed by atoms with Crippen molar-refractivity contribution in [3.63, 3.8) is 0 Å². The average Bonchev–Trinajstić information content (AvgIpc) is 2.29. The Kier molecular flexibility index (Phi) is 3.63. The second-order valence-electron chi connectivity index (χ2n) is 5.81. The number of amides is 1. The summed E-state index contributed by atoms with van der Waals surface area (Å²) in [7, 11) is 0. The fraction of sp³-hybridized carbons (Fsp3) is 0.533. The maximum Gasteiger partial charge on any atom is 0.257 e. The summed E-state index contributed by atoms with van der Waals surface area (Å²) in [5.41, 5.74) is 0.240. The number of hydrogen-bond donors (Lipinski definition) is 0. The van der Waals surface area contributed by atoms with Crippen LogP contribution in [-0.4, -0.2) is 35.6 Å². The predicted molar refractivity (Wildman–Crippen MR) is 71.7 cm³/mol. The van der Waals surface area contributed by atoms with E-state index in [9.17, 15) is 9.18 Å². The van der Waals surface area contributed by atoms with E-state index in [1.54, 1.807) is 24.0 Å². The molecule has 0 saturated carbocycles. The maximum absolute atomic E-state index is 14.0. The third-order valence-electron chi connectivity index (χ3n) is 3.28. The number of carbonyl (C=O) groups excluding carboxylic acids is 1. The zero-order chi connectivity index (χ0) is 14.2. The molecule has 0 aliphatic carbocycles. The zero-order valence-corrected chi connectivity index (χ0v) is 11.9. The number of ether oxygens (including phenoxy) is 1. The van der Waals surface area contributed by atoms with Crippen molar-refractivity contribution in [2.24, 2.45) is 0 Å². The third-order valence-corrected chi connectivity index (χ3v) is 3.28. The van der Waals surface area contributed by atoms with Gasteiger partial charge in [0.15, 0.2) is 0 Å². The standard InChI is InChI=1S/C15H20FNO2/c1-10-6-5-7-12(13(10)16)14(18)17-8-11(2)19-15(3,4)9-17/h5-7,11H,8-9H2,1-4H3. The van der Waals surface area contributed by atoms with Gasteiger partial charge in [-0.25, -0.2) is 4.39 Å². The first-order valence-corrected chi connectivity index (χ1v) is 6.52. The summed E-state index contributed by atoms with van der Waals surface area (Å²) in [6.07, 6.45) is -0.0411. The minimum atomic E-state index is -0.426. The van der Waals surface area contributed by atoms with Crippen LogP contribution in [-0.2, 0) is 4.74 Å². The molecule has 19 heavy (non-hydrogen) atoms. The highest BCUT2D eigenvalue weighted by atomic mass is 19.1. The smallest absolute Gasteiger partial charge is 0.257 e. The van der Waals surface area contributed by atoms with Gasteiger partial charge in [-0.05, 0) is 39.3 Å². The van der Waals surface area contributed by atoms with Gasteiger partial charge in [-0.3, -0.25) is 4.79 Å². The van der Waals surface area contributed by atoms with Crippen LogP contribution in [0.15, 0.2) is 18.2 Å². The lowest BCUT2D eigenvalue weighted by Crippen LogP contribution is -2.53. The Labute approximate surface area is 113 Å². The molecule has 2 rings (SSSR count). The van der Waals surface area contributed by atoms with Crippen molar-refractivity contribution in [1.29, 1.82) is 0 Å². The van der Waals surface area contributed by atoms with Crippen LogP contribution in [0.3, 0.4) is 0 Å². The van der Waals surface area contributed by atoms with Gasteiger partial charge in [0.05, 0.1) is 17.3 Å². The molecule has 0 bridgehead atoms. The van der Waals surface area contributed by atoms with E-state index in [2.05, 4.69) is 0 Å². The molecule has 0 spiro atoms. The highest BCUT2D eigenvalue weighted by molar-refractivity contribution is 5.94. The Balaban J connectivity index is 2.26. The van der Waals surface area contributed by atoms with Crippen LogP contribution in [0.2, 0.25) is 0 Å². The SMILES string of the molecule is Cc1cccc(C(=O)N2CC(C)OC(C)(C)C2)c1F. The first-order chi connectivity index (χ1) is 8.80. The molecule has 1 unspecified atom stereocenters. The van der Waals surface area contributed by atoms with Gasteiger partial charge < -0.3 is 9.64 Å².